The lowest BCUT2D eigenvalue weighted by Gasteiger charge is -2.22. The highest BCUT2D eigenvalue weighted by Gasteiger charge is 2.19. The highest BCUT2D eigenvalue weighted by Crippen LogP contribution is 2.30. The Labute approximate surface area is 139 Å². The van der Waals surface area contributed by atoms with Crippen molar-refractivity contribution in [3.63, 3.8) is 0 Å². The highest BCUT2D eigenvalue weighted by atomic mass is 16.5. The molecule has 0 spiro atoms. The van der Waals surface area contributed by atoms with Crippen molar-refractivity contribution in [2.24, 2.45) is 0 Å². The van der Waals surface area contributed by atoms with E-state index < -0.39 is 6.10 Å². The molecule has 0 saturated heterocycles. The third-order valence-corrected chi connectivity index (χ3v) is 4.10. The number of hydrogen-bond acceptors (Lipinski definition) is 3. The van der Waals surface area contributed by atoms with E-state index in [4.69, 9.17) is 9.47 Å². The second kappa shape index (κ2) is 8.92. The van der Waals surface area contributed by atoms with Gasteiger partial charge in [-0.25, -0.2) is 0 Å². The van der Waals surface area contributed by atoms with Gasteiger partial charge in [-0.3, -0.25) is 4.79 Å². The Hall–Kier alpha value is -1.55. The fourth-order valence-corrected chi connectivity index (χ4v) is 2.85. The second-order valence-corrected chi connectivity index (χ2v) is 6.43. The lowest BCUT2D eigenvalue weighted by atomic mass is 9.91. The summed E-state index contributed by atoms with van der Waals surface area (Å²) in [5, 5.41) is 2.91. The molecule has 0 fully saturated rings. The standard InChI is InChI=1S/C19H29NO3/c1-14(2)22-13-7-12-20-19(21)15(3)23-18-11-6-9-16-8-4-5-10-17(16)18/h6,9,11,14-15H,4-5,7-8,10,12-13H2,1-3H3,(H,20,21)/t15-/m0/s1. The van der Waals surface area contributed by atoms with Gasteiger partial charge in [0.1, 0.15) is 5.75 Å². The first-order chi connectivity index (χ1) is 11.1. The van der Waals surface area contributed by atoms with Crippen molar-refractivity contribution in [3.8, 4) is 5.75 Å². The summed E-state index contributed by atoms with van der Waals surface area (Å²) in [5.41, 5.74) is 2.65. The normalized spacial score (nSPS) is 15.1. The van der Waals surface area contributed by atoms with Crippen molar-refractivity contribution in [2.45, 2.75) is 65.1 Å². The Balaban J connectivity index is 1.80. The van der Waals surface area contributed by atoms with Crippen LogP contribution in [0.4, 0.5) is 0 Å². The summed E-state index contributed by atoms with van der Waals surface area (Å²) in [6, 6.07) is 6.17. The zero-order valence-corrected chi connectivity index (χ0v) is 14.6. The van der Waals surface area contributed by atoms with E-state index in [1.54, 1.807) is 0 Å². The van der Waals surface area contributed by atoms with Crippen LogP contribution < -0.4 is 10.1 Å². The van der Waals surface area contributed by atoms with Crippen molar-refractivity contribution < 1.29 is 14.3 Å². The van der Waals surface area contributed by atoms with Crippen LogP contribution in [-0.4, -0.2) is 31.3 Å². The molecule has 1 N–H and O–H groups in total. The highest BCUT2D eigenvalue weighted by molar-refractivity contribution is 5.80. The molecule has 23 heavy (non-hydrogen) atoms. The molecule has 1 amide bonds. The predicted octanol–water partition coefficient (Wildman–Crippen LogP) is 3.26. The van der Waals surface area contributed by atoms with E-state index in [1.165, 1.54) is 24.0 Å². The monoisotopic (exact) mass is 319 g/mol. The molecule has 128 valence electrons. The average molecular weight is 319 g/mol. The molecule has 0 unspecified atom stereocenters. The zero-order valence-electron chi connectivity index (χ0n) is 14.6. The van der Waals surface area contributed by atoms with Crippen molar-refractivity contribution in [2.75, 3.05) is 13.2 Å². The summed E-state index contributed by atoms with van der Waals surface area (Å²) in [4.78, 5) is 12.1. The summed E-state index contributed by atoms with van der Waals surface area (Å²) in [5.74, 6) is 0.802. The van der Waals surface area contributed by atoms with Gasteiger partial charge < -0.3 is 14.8 Å². The van der Waals surface area contributed by atoms with Crippen LogP contribution in [0.5, 0.6) is 5.75 Å². The van der Waals surface area contributed by atoms with Crippen molar-refractivity contribution in [1.29, 1.82) is 0 Å². The molecule has 0 bridgehead atoms. The molecular formula is C19H29NO3. The number of aryl methyl sites for hydroxylation is 1. The summed E-state index contributed by atoms with van der Waals surface area (Å²) < 4.78 is 11.4. The van der Waals surface area contributed by atoms with Gasteiger partial charge in [-0.1, -0.05) is 12.1 Å². The Morgan fingerprint density at radius 2 is 2.00 bits per heavy atom. The number of hydrogen-bond donors (Lipinski definition) is 1. The number of carbonyl (C=O) groups excluding carboxylic acids is 1. The SMILES string of the molecule is CC(C)OCCCNC(=O)[C@H](C)Oc1cccc2c1CCCC2. The van der Waals surface area contributed by atoms with E-state index in [-0.39, 0.29) is 12.0 Å². The maximum absolute atomic E-state index is 12.1. The lowest BCUT2D eigenvalue weighted by molar-refractivity contribution is -0.127. The van der Waals surface area contributed by atoms with Crippen LogP contribution in [0.3, 0.4) is 0 Å². The number of amides is 1. The first-order valence-corrected chi connectivity index (χ1v) is 8.74. The molecule has 0 saturated carbocycles. The molecule has 0 aliphatic heterocycles. The summed E-state index contributed by atoms with van der Waals surface area (Å²) in [7, 11) is 0. The molecule has 1 aromatic rings. The third-order valence-electron chi connectivity index (χ3n) is 4.10. The number of carbonyl (C=O) groups is 1. The molecular weight excluding hydrogens is 290 g/mol. The largest absolute Gasteiger partial charge is 0.481 e. The van der Waals surface area contributed by atoms with E-state index >= 15 is 0 Å². The predicted molar refractivity (Wildman–Crippen MR) is 91.9 cm³/mol. The number of benzene rings is 1. The molecule has 2 rings (SSSR count). The number of nitrogens with one attached hydrogen (secondary N) is 1. The second-order valence-electron chi connectivity index (χ2n) is 6.43. The van der Waals surface area contributed by atoms with Gasteiger partial charge in [0.05, 0.1) is 6.10 Å². The Morgan fingerprint density at radius 1 is 1.22 bits per heavy atom. The van der Waals surface area contributed by atoms with Gasteiger partial charge in [-0.2, -0.15) is 0 Å². The molecule has 4 heteroatoms. The number of fused-ring (bicyclic) bond motifs is 1. The van der Waals surface area contributed by atoms with Gasteiger partial charge in [0, 0.05) is 13.2 Å². The minimum Gasteiger partial charge on any atom is -0.481 e. The number of rotatable bonds is 8. The molecule has 4 nitrogen and oxygen atoms in total. The van der Waals surface area contributed by atoms with E-state index in [1.807, 2.05) is 32.9 Å². The molecule has 0 heterocycles. The average Bonchev–Trinajstić information content (AvgIpc) is 2.54. The van der Waals surface area contributed by atoms with Crippen LogP contribution in [0.2, 0.25) is 0 Å². The Bertz CT molecular complexity index is 513. The molecule has 0 radical (unpaired) electrons. The molecule has 1 aliphatic rings. The van der Waals surface area contributed by atoms with Crippen molar-refractivity contribution in [3.05, 3.63) is 29.3 Å². The molecule has 1 atom stereocenters. The van der Waals surface area contributed by atoms with Crippen molar-refractivity contribution >= 4 is 5.91 Å². The van der Waals surface area contributed by atoms with Gasteiger partial charge in [-0.05, 0) is 70.1 Å². The number of ether oxygens (including phenoxy) is 2. The molecule has 0 aromatic heterocycles. The third kappa shape index (κ3) is 5.54. The molecule has 1 aromatic carbocycles. The topological polar surface area (TPSA) is 47.6 Å². The van der Waals surface area contributed by atoms with Crippen molar-refractivity contribution in [1.82, 2.24) is 5.32 Å². The van der Waals surface area contributed by atoms with Crippen LogP contribution in [0.25, 0.3) is 0 Å². The first kappa shape index (κ1) is 17.8. The maximum atomic E-state index is 12.1. The lowest BCUT2D eigenvalue weighted by Crippen LogP contribution is -2.37. The first-order valence-electron chi connectivity index (χ1n) is 8.74. The van der Waals surface area contributed by atoms with Crippen LogP contribution in [0.1, 0.15) is 51.2 Å². The Kier molecular flexibility index (Phi) is 6.90. The summed E-state index contributed by atoms with van der Waals surface area (Å²) in [6.45, 7) is 7.11. The van der Waals surface area contributed by atoms with Gasteiger partial charge in [-0.15, -0.1) is 0 Å². The Morgan fingerprint density at radius 3 is 2.78 bits per heavy atom. The fraction of sp³-hybridized carbons (Fsp3) is 0.632. The van der Waals surface area contributed by atoms with Gasteiger partial charge >= 0.3 is 0 Å². The zero-order chi connectivity index (χ0) is 16.7. The van der Waals surface area contributed by atoms with E-state index in [0.717, 1.165) is 25.0 Å². The summed E-state index contributed by atoms with van der Waals surface area (Å²) >= 11 is 0. The van der Waals surface area contributed by atoms with Crippen LogP contribution >= 0.6 is 0 Å². The van der Waals surface area contributed by atoms with Gasteiger partial charge in [0.2, 0.25) is 0 Å². The maximum Gasteiger partial charge on any atom is 0.260 e. The smallest absolute Gasteiger partial charge is 0.260 e. The van der Waals surface area contributed by atoms with Gasteiger partial charge in [0.25, 0.3) is 5.91 Å². The van der Waals surface area contributed by atoms with Crippen LogP contribution in [0.15, 0.2) is 18.2 Å². The molecule has 1 aliphatic carbocycles. The van der Waals surface area contributed by atoms with E-state index in [2.05, 4.69) is 11.4 Å². The quantitative estimate of drug-likeness (QED) is 0.748. The van der Waals surface area contributed by atoms with Crippen LogP contribution in [-0.2, 0) is 22.4 Å². The van der Waals surface area contributed by atoms with Crippen LogP contribution in [0, 0.1) is 0 Å². The minimum atomic E-state index is -0.477. The minimum absolute atomic E-state index is 0.0667. The summed E-state index contributed by atoms with van der Waals surface area (Å²) in [6.07, 6.45) is 5.17. The van der Waals surface area contributed by atoms with E-state index in [9.17, 15) is 4.79 Å². The fourth-order valence-electron chi connectivity index (χ4n) is 2.85. The van der Waals surface area contributed by atoms with Gasteiger partial charge in [0.15, 0.2) is 6.10 Å². The van der Waals surface area contributed by atoms with E-state index in [0.29, 0.717) is 13.2 Å².